The summed E-state index contributed by atoms with van der Waals surface area (Å²) < 4.78 is 28.5. The molecule has 0 spiro atoms. The number of hydrogen-bond acceptors (Lipinski definition) is 7. The van der Waals surface area contributed by atoms with E-state index in [-0.39, 0.29) is 17.3 Å². The van der Waals surface area contributed by atoms with Gasteiger partial charge in [0.1, 0.15) is 11.5 Å². The lowest BCUT2D eigenvalue weighted by Gasteiger charge is -2.35. The van der Waals surface area contributed by atoms with Crippen molar-refractivity contribution in [2.75, 3.05) is 31.1 Å². The highest BCUT2D eigenvalue weighted by Gasteiger charge is 2.29. The van der Waals surface area contributed by atoms with Gasteiger partial charge in [-0.2, -0.15) is 4.31 Å². The van der Waals surface area contributed by atoms with Gasteiger partial charge in [0.25, 0.3) is 0 Å². The number of benzene rings is 4. The molecule has 7 nitrogen and oxygen atoms in total. The first-order chi connectivity index (χ1) is 19.7. The molecule has 0 amide bonds. The average molecular weight is 585 g/mol. The van der Waals surface area contributed by atoms with E-state index in [0.717, 1.165) is 31.8 Å². The Bertz CT molecular complexity index is 1840. The lowest BCUT2D eigenvalue weighted by molar-refractivity contribution is 0.104. The molecule has 1 aromatic heterocycles. The summed E-state index contributed by atoms with van der Waals surface area (Å²) >= 11 is 1.42. The molecular formula is C32H28N2O5S2. The molecule has 0 radical (unpaired) electrons. The summed E-state index contributed by atoms with van der Waals surface area (Å²) in [5, 5.41) is 20.5. The topological polar surface area (TPSA) is 98.2 Å². The maximum atomic E-state index is 13.9. The lowest BCUT2D eigenvalue weighted by Crippen LogP contribution is -2.48. The first kappa shape index (κ1) is 27.0. The van der Waals surface area contributed by atoms with E-state index in [1.807, 2.05) is 31.2 Å². The van der Waals surface area contributed by atoms with Crippen LogP contribution in [-0.4, -0.2) is 54.9 Å². The van der Waals surface area contributed by atoms with Crippen molar-refractivity contribution >= 4 is 42.9 Å². The van der Waals surface area contributed by atoms with Crippen LogP contribution in [0.1, 0.15) is 21.5 Å². The third-order valence-corrected chi connectivity index (χ3v) is 10.5. The van der Waals surface area contributed by atoms with Gasteiger partial charge in [0, 0.05) is 58.0 Å². The van der Waals surface area contributed by atoms with E-state index in [2.05, 4.69) is 4.90 Å². The van der Waals surface area contributed by atoms with E-state index in [0.29, 0.717) is 42.2 Å². The summed E-state index contributed by atoms with van der Waals surface area (Å²) in [6, 6.07) is 26.1. The molecule has 0 unspecified atom stereocenters. The number of aryl methyl sites for hydroxylation is 1. The fraction of sp³-hybridized carbons (Fsp3) is 0.156. The van der Waals surface area contributed by atoms with E-state index in [1.165, 1.54) is 15.6 Å². The van der Waals surface area contributed by atoms with Crippen LogP contribution in [0.2, 0.25) is 0 Å². The molecule has 5 aromatic rings. The molecule has 1 fully saturated rings. The van der Waals surface area contributed by atoms with Crippen LogP contribution in [0.25, 0.3) is 20.5 Å². The average Bonchev–Trinajstić information content (AvgIpc) is 3.36. The second-order valence-corrected chi connectivity index (χ2v) is 13.1. The number of rotatable bonds is 6. The highest BCUT2D eigenvalue weighted by Crippen LogP contribution is 2.41. The van der Waals surface area contributed by atoms with Crippen molar-refractivity contribution in [3.8, 4) is 21.9 Å². The molecular weight excluding hydrogens is 556 g/mol. The van der Waals surface area contributed by atoms with Gasteiger partial charge in [0.05, 0.1) is 4.90 Å². The molecule has 0 atom stereocenters. The Morgan fingerprint density at radius 3 is 2.07 bits per heavy atom. The van der Waals surface area contributed by atoms with Gasteiger partial charge in [-0.3, -0.25) is 4.79 Å². The van der Waals surface area contributed by atoms with Crippen molar-refractivity contribution in [2.45, 2.75) is 11.8 Å². The summed E-state index contributed by atoms with van der Waals surface area (Å²) in [5.41, 5.74) is 3.83. The van der Waals surface area contributed by atoms with Crippen LogP contribution < -0.4 is 4.90 Å². The molecule has 9 heteroatoms. The van der Waals surface area contributed by atoms with Crippen LogP contribution in [0.5, 0.6) is 11.5 Å². The molecule has 41 heavy (non-hydrogen) atoms. The number of nitrogens with zero attached hydrogens (tertiary/aromatic N) is 2. The summed E-state index contributed by atoms with van der Waals surface area (Å²) in [5.74, 6) is 0.140. The Morgan fingerprint density at radius 2 is 1.41 bits per heavy atom. The zero-order valence-electron chi connectivity index (χ0n) is 22.3. The van der Waals surface area contributed by atoms with Crippen LogP contribution in [-0.2, 0) is 10.0 Å². The van der Waals surface area contributed by atoms with Crippen LogP contribution in [0, 0.1) is 6.92 Å². The van der Waals surface area contributed by atoms with Crippen LogP contribution in [0.15, 0.2) is 95.9 Å². The number of carbonyl (C=O) groups excluding carboxylic acids is 1. The number of piperazine rings is 1. The Balaban J connectivity index is 1.23. The zero-order chi connectivity index (χ0) is 28.7. The smallest absolute Gasteiger partial charge is 0.243 e. The molecule has 1 saturated heterocycles. The van der Waals surface area contributed by atoms with E-state index >= 15 is 0 Å². The van der Waals surface area contributed by atoms with Crippen molar-refractivity contribution in [3.05, 3.63) is 108 Å². The maximum Gasteiger partial charge on any atom is 0.243 e. The Hall–Kier alpha value is -4.18. The zero-order valence-corrected chi connectivity index (χ0v) is 24.0. The van der Waals surface area contributed by atoms with Crippen LogP contribution in [0.3, 0.4) is 0 Å². The molecule has 1 aliphatic rings. The molecule has 0 bridgehead atoms. The highest BCUT2D eigenvalue weighted by atomic mass is 32.2. The summed E-state index contributed by atoms with van der Waals surface area (Å²) in [7, 11) is -3.54. The molecule has 6 rings (SSSR count). The second-order valence-electron chi connectivity index (χ2n) is 10.1. The number of thiophene rings is 1. The monoisotopic (exact) mass is 584 g/mol. The Kier molecular flexibility index (Phi) is 7.03. The first-order valence-corrected chi connectivity index (χ1v) is 15.5. The van der Waals surface area contributed by atoms with Crippen molar-refractivity contribution in [1.82, 2.24) is 4.31 Å². The molecule has 2 N–H and O–H groups in total. The number of carbonyl (C=O) groups is 1. The quantitative estimate of drug-likeness (QED) is 0.237. The number of ketones is 1. The number of hydrogen-bond donors (Lipinski definition) is 2. The van der Waals surface area contributed by atoms with Gasteiger partial charge in [-0.15, -0.1) is 11.3 Å². The molecule has 208 valence electrons. The van der Waals surface area contributed by atoms with Gasteiger partial charge in [-0.1, -0.05) is 17.7 Å². The predicted molar refractivity (Wildman–Crippen MR) is 163 cm³/mol. The number of phenols is 2. The van der Waals surface area contributed by atoms with Crippen molar-refractivity contribution < 1.29 is 23.4 Å². The van der Waals surface area contributed by atoms with Crippen LogP contribution in [0.4, 0.5) is 5.69 Å². The molecule has 4 aromatic carbocycles. The van der Waals surface area contributed by atoms with Gasteiger partial charge < -0.3 is 15.1 Å². The van der Waals surface area contributed by atoms with Crippen molar-refractivity contribution in [3.63, 3.8) is 0 Å². The normalized spacial score (nSPS) is 14.4. The molecule has 1 aliphatic heterocycles. The third kappa shape index (κ3) is 5.19. The van der Waals surface area contributed by atoms with E-state index in [9.17, 15) is 23.4 Å². The van der Waals surface area contributed by atoms with Gasteiger partial charge >= 0.3 is 0 Å². The first-order valence-electron chi connectivity index (χ1n) is 13.2. The van der Waals surface area contributed by atoms with E-state index in [1.54, 1.807) is 66.7 Å². The molecule has 0 aliphatic carbocycles. The van der Waals surface area contributed by atoms with E-state index in [4.69, 9.17) is 0 Å². The summed E-state index contributed by atoms with van der Waals surface area (Å²) in [6.45, 7) is 3.77. The predicted octanol–water partition coefficient (Wildman–Crippen LogP) is 6.03. The number of phenolic OH excluding ortho intramolecular Hbond substituents is 2. The van der Waals surface area contributed by atoms with Gasteiger partial charge in [0.2, 0.25) is 10.0 Å². The minimum absolute atomic E-state index is 0.131. The highest BCUT2D eigenvalue weighted by molar-refractivity contribution is 7.89. The van der Waals surface area contributed by atoms with Crippen LogP contribution >= 0.6 is 11.3 Å². The molecule has 0 saturated carbocycles. The standard InChI is InChI=1S/C32H28N2O5S2/c1-21-2-13-27(14-3-21)41(38,39)34-18-16-33(17-19-34)24-8-4-22(5-9-24)31(37)30-28-15-12-26(36)20-29(28)40-32(30)23-6-10-25(35)11-7-23/h2-15,20,35-36H,16-19H2,1H3. The van der Waals surface area contributed by atoms with Crippen molar-refractivity contribution in [2.24, 2.45) is 0 Å². The van der Waals surface area contributed by atoms with Crippen molar-refractivity contribution in [1.29, 1.82) is 0 Å². The Labute approximate surface area is 242 Å². The third-order valence-electron chi connectivity index (χ3n) is 7.42. The van der Waals surface area contributed by atoms with E-state index < -0.39 is 10.0 Å². The second kappa shape index (κ2) is 10.7. The van der Waals surface area contributed by atoms with Gasteiger partial charge in [-0.05, 0) is 91.3 Å². The Morgan fingerprint density at radius 1 is 0.780 bits per heavy atom. The number of anilines is 1. The number of fused-ring (bicyclic) bond motifs is 1. The lowest BCUT2D eigenvalue weighted by atomic mass is 9.97. The SMILES string of the molecule is Cc1ccc(S(=O)(=O)N2CCN(c3ccc(C(=O)c4c(-c5ccc(O)cc5)sc5cc(O)ccc45)cc3)CC2)cc1. The van der Waals surface area contributed by atoms with Gasteiger partial charge in [-0.25, -0.2) is 8.42 Å². The minimum Gasteiger partial charge on any atom is -0.508 e. The molecule has 2 heterocycles. The maximum absolute atomic E-state index is 13.9. The minimum atomic E-state index is -3.54. The summed E-state index contributed by atoms with van der Waals surface area (Å²) in [6.07, 6.45) is 0. The number of aromatic hydroxyl groups is 2. The van der Waals surface area contributed by atoms with Gasteiger partial charge in [0.15, 0.2) is 5.78 Å². The number of sulfonamides is 1. The fourth-order valence-corrected chi connectivity index (χ4v) is 7.80. The summed E-state index contributed by atoms with van der Waals surface area (Å²) in [4.78, 5) is 17.1. The fourth-order valence-electron chi connectivity index (χ4n) is 5.14. The largest absolute Gasteiger partial charge is 0.508 e.